The number of carbonyl (C=O) groups is 1. The van der Waals surface area contributed by atoms with E-state index < -0.39 is 0 Å². The van der Waals surface area contributed by atoms with Crippen LogP contribution in [0.2, 0.25) is 0 Å². The summed E-state index contributed by atoms with van der Waals surface area (Å²) in [5, 5.41) is 0. The topological polar surface area (TPSA) is 38.8 Å². The Labute approximate surface area is 131 Å². The van der Waals surface area contributed by atoms with E-state index in [-0.39, 0.29) is 12.0 Å². The molecule has 1 heterocycles. The number of likely N-dealkylation sites (tertiary alicyclic amines) is 1. The minimum Gasteiger partial charge on any atom is -0.493 e. The lowest BCUT2D eigenvalue weighted by Crippen LogP contribution is -2.41. The van der Waals surface area contributed by atoms with Crippen LogP contribution in [-0.4, -0.2) is 49.1 Å². The van der Waals surface area contributed by atoms with Crippen molar-refractivity contribution in [3.63, 3.8) is 0 Å². The van der Waals surface area contributed by atoms with E-state index in [1.165, 1.54) is 0 Å². The lowest BCUT2D eigenvalue weighted by atomic mass is 10.1. The molecule has 0 aromatic heterocycles. The predicted molar refractivity (Wildman–Crippen MR) is 83.2 cm³/mol. The van der Waals surface area contributed by atoms with Crippen molar-refractivity contribution in [2.45, 2.75) is 25.9 Å². The smallest absolute Gasteiger partial charge is 0.257 e. The Bertz CT molecular complexity index is 459. The molecule has 1 fully saturated rings. The maximum absolute atomic E-state index is 12.6. The molecule has 0 radical (unpaired) electrons. The number of halogens is 1. The van der Waals surface area contributed by atoms with Gasteiger partial charge in [0.2, 0.25) is 0 Å². The van der Waals surface area contributed by atoms with Crippen LogP contribution in [0.1, 0.15) is 30.1 Å². The normalized spacial score (nSPS) is 16.0. The third-order valence-electron chi connectivity index (χ3n) is 3.58. The molecule has 1 aliphatic rings. The molecule has 0 N–H and O–H groups in total. The third-order valence-corrected chi connectivity index (χ3v) is 3.73. The Morgan fingerprint density at radius 3 is 2.71 bits per heavy atom. The van der Waals surface area contributed by atoms with Crippen LogP contribution in [0.15, 0.2) is 24.3 Å². The maximum atomic E-state index is 12.6. The monoisotopic (exact) mass is 311 g/mol. The minimum absolute atomic E-state index is 0.0369. The molecular formula is C16H22ClNO3. The zero-order valence-corrected chi connectivity index (χ0v) is 13.1. The Balaban J connectivity index is 1.96. The number of hydrogen-bond donors (Lipinski definition) is 0. The lowest BCUT2D eigenvalue weighted by Gasteiger charge is -2.32. The highest BCUT2D eigenvalue weighted by Gasteiger charge is 2.25. The highest BCUT2D eigenvalue weighted by atomic mass is 35.5. The van der Waals surface area contributed by atoms with E-state index in [0.717, 1.165) is 12.8 Å². The molecule has 0 saturated carbocycles. The average molecular weight is 312 g/mol. The van der Waals surface area contributed by atoms with Crippen molar-refractivity contribution in [2.24, 2.45) is 0 Å². The summed E-state index contributed by atoms with van der Waals surface area (Å²) in [6, 6.07) is 7.41. The molecule has 0 spiro atoms. The van der Waals surface area contributed by atoms with Gasteiger partial charge in [0.15, 0.2) is 0 Å². The maximum Gasteiger partial charge on any atom is 0.257 e. The fourth-order valence-electron chi connectivity index (χ4n) is 2.53. The quantitative estimate of drug-likeness (QED) is 0.758. The SMILES string of the molecule is CCOc1ccccc1C(=O)N1CCC(OCCCl)CC1. The van der Waals surface area contributed by atoms with Crippen molar-refractivity contribution in [2.75, 3.05) is 32.2 Å². The van der Waals surface area contributed by atoms with Crippen LogP contribution < -0.4 is 4.74 Å². The van der Waals surface area contributed by atoms with Gasteiger partial charge in [-0.05, 0) is 31.9 Å². The summed E-state index contributed by atoms with van der Waals surface area (Å²) >= 11 is 5.62. The Morgan fingerprint density at radius 1 is 1.33 bits per heavy atom. The first kappa shape index (κ1) is 16.1. The van der Waals surface area contributed by atoms with E-state index in [1.807, 2.05) is 36.1 Å². The largest absolute Gasteiger partial charge is 0.493 e. The van der Waals surface area contributed by atoms with E-state index >= 15 is 0 Å². The number of rotatable bonds is 6. The molecule has 21 heavy (non-hydrogen) atoms. The van der Waals surface area contributed by atoms with E-state index in [9.17, 15) is 4.79 Å². The van der Waals surface area contributed by atoms with Gasteiger partial charge in [0.25, 0.3) is 5.91 Å². The van der Waals surface area contributed by atoms with E-state index in [1.54, 1.807) is 0 Å². The number of hydrogen-bond acceptors (Lipinski definition) is 3. The number of piperidine rings is 1. The molecule has 1 aromatic carbocycles. The van der Waals surface area contributed by atoms with Crippen LogP contribution >= 0.6 is 11.6 Å². The molecule has 5 heteroatoms. The number of carbonyl (C=O) groups excluding carboxylic acids is 1. The van der Waals surface area contributed by atoms with Crippen LogP contribution in [0.25, 0.3) is 0 Å². The average Bonchev–Trinajstić information content (AvgIpc) is 2.53. The van der Waals surface area contributed by atoms with Gasteiger partial charge in [-0.25, -0.2) is 0 Å². The highest BCUT2D eigenvalue weighted by molar-refractivity contribution is 6.17. The highest BCUT2D eigenvalue weighted by Crippen LogP contribution is 2.22. The Kier molecular flexibility index (Phi) is 6.33. The van der Waals surface area contributed by atoms with Crippen LogP contribution in [-0.2, 0) is 4.74 Å². The first-order chi connectivity index (χ1) is 10.3. The van der Waals surface area contributed by atoms with Gasteiger partial charge in [-0.1, -0.05) is 12.1 Å². The molecule has 0 unspecified atom stereocenters. The summed E-state index contributed by atoms with van der Waals surface area (Å²) in [4.78, 5) is 14.5. The number of benzene rings is 1. The Morgan fingerprint density at radius 2 is 2.05 bits per heavy atom. The molecule has 1 saturated heterocycles. The van der Waals surface area contributed by atoms with E-state index in [4.69, 9.17) is 21.1 Å². The van der Waals surface area contributed by atoms with Gasteiger partial charge >= 0.3 is 0 Å². The fraction of sp³-hybridized carbons (Fsp3) is 0.562. The van der Waals surface area contributed by atoms with Crippen LogP contribution in [0.3, 0.4) is 0 Å². The molecule has 1 aliphatic heterocycles. The number of para-hydroxylation sites is 1. The number of amides is 1. The second-order valence-corrected chi connectivity index (χ2v) is 5.36. The molecule has 116 valence electrons. The first-order valence-electron chi connectivity index (χ1n) is 7.45. The van der Waals surface area contributed by atoms with Gasteiger partial charge < -0.3 is 14.4 Å². The standard InChI is InChI=1S/C16H22ClNO3/c1-2-20-15-6-4-3-5-14(15)16(19)18-10-7-13(8-11-18)21-12-9-17/h3-6,13H,2,7-12H2,1H3. The second kappa shape index (κ2) is 8.25. The molecule has 0 bridgehead atoms. The zero-order chi connectivity index (χ0) is 15.1. The summed E-state index contributed by atoms with van der Waals surface area (Å²) < 4.78 is 11.2. The van der Waals surface area contributed by atoms with Gasteiger partial charge in [0.05, 0.1) is 24.9 Å². The molecule has 2 rings (SSSR count). The van der Waals surface area contributed by atoms with Crippen molar-refractivity contribution >= 4 is 17.5 Å². The van der Waals surface area contributed by atoms with Gasteiger partial charge in [-0.2, -0.15) is 0 Å². The summed E-state index contributed by atoms with van der Waals surface area (Å²) in [7, 11) is 0. The van der Waals surface area contributed by atoms with Crippen molar-refractivity contribution in [1.29, 1.82) is 0 Å². The van der Waals surface area contributed by atoms with Gasteiger partial charge in [-0.3, -0.25) is 4.79 Å². The number of nitrogens with zero attached hydrogens (tertiary/aromatic N) is 1. The lowest BCUT2D eigenvalue weighted by molar-refractivity contribution is 0.0153. The van der Waals surface area contributed by atoms with Crippen LogP contribution in [0.5, 0.6) is 5.75 Å². The van der Waals surface area contributed by atoms with Crippen molar-refractivity contribution in [3.8, 4) is 5.75 Å². The Hall–Kier alpha value is -1.26. The fourth-order valence-corrected chi connectivity index (χ4v) is 2.62. The minimum atomic E-state index is 0.0369. The summed E-state index contributed by atoms with van der Waals surface area (Å²) in [5.41, 5.74) is 0.638. The van der Waals surface area contributed by atoms with Crippen molar-refractivity contribution in [3.05, 3.63) is 29.8 Å². The number of ether oxygens (including phenoxy) is 2. The molecular weight excluding hydrogens is 290 g/mol. The van der Waals surface area contributed by atoms with Crippen molar-refractivity contribution < 1.29 is 14.3 Å². The van der Waals surface area contributed by atoms with E-state index in [0.29, 0.717) is 43.5 Å². The van der Waals surface area contributed by atoms with Gasteiger partial charge in [-0.15, -0.1) is 11.6 Å². The summed E-state index contributed by atoms with van der Waals surface area (Å²) in [6.45, 7) is 4.48. The number of alkyl halides is 1. The first-order valence-corrected chi connectivity index (χ1v) is 7.98. The third kappa shape index (κ3) is 4.35. The molecule has 0 aliphatic carbocycles. The van der Waals surface area contributed by atoms with Crippen molar-refractivity contribution in [1.82, 2.24) is 4.90 Å². The predicted octanol–water partition coefficient (Wildman–Crippen LogP) is 2.95. The van der Waals surface area contributed by atoms with Gasteiger partial charge in [0, 0.05) is 19.0 Å². The molecule has 0 atom stereocenters. The zero-order valence-electron chi connectivity index (χ0n) is 12.4. The molecule has 4 nitrogen and oxygen atoms in total. The van der Waals surface area contributed by atoms with E-state index in [2.05, 4.69) is 0 Å². The molecule has 1 amide bonds. The van der Waals surface area contributed by atoms with Gasteiger partial charge in [0.1, 0.15) is 5.75 Å². The van der Waals surface area contributed by atoms with Crippen LogP contribution in [0, 0.1) is 0 Å². The second-order valence-electron chi connectivity index (χ2n) is 4.98. The summed E-state index contributed by atoms with van der Waals surface area (Å²) in [5.74, 6) is 1.21. The molecule has 1 aromatic rings. The summed E-state index contributed by atoms with van der Waals surface area (Å²) in [6.07, 6.45) is 1.94. The van der Waals surface area contributed by atoms with Crippen LogP contribution in [0.4, 0.5) is 0 Å².